The summed E-state index contributed by atoms with van der Waals surface area (Å²) < 4.78 is 5.26. The molecule has 0 aromatic heterocycles. The van der Waals surface area contributed by atoms with E-state index in [1.165, 1.54) is 0 Å². The van der Waals surface area contributed by atoms with Gasteiger partial charge in [-0.1, -0.05) is 41.5 Å². The molecule has 0 aliphatic rings. The van der Waals surface area contributed by atoms with Gasteiger partial charge < -0.3 is 9.84 Å². The van der Waals surface area contributed by atoms with Crippen molar-refractivity contribution in [3.05, 3.63) is 0 Å². The molecule has 0 aromatic rings. The minimum absolute atomic E-state index is 0.0156. The van der Waals surface area contributed by atoms with Gasteiger partial charge in [-0.2, -0.15) is 0 Å². The number of hydrogen-bond donors (Lipinski definition) is 1. The second kappa shape index (κ2) is 6.39. The Bertz CT molecular complexity index is 240. The van der Waals surface area contributed by atoms with Crippen molar-refractivity contribution in [3.8, 4) is 0 Å². The van der Waals surface area contributed by atoms with E-state index < -0.39 is 5.41 Å². The van der Waals surface area contributed by atoms with Gasteiger partial charge in [-0.3, -0.25) is 4.79 Å². The fourth-order valence-electron chi connectivity index (χ4n) is 2.10. The van der Waals surface area contributed by atoms with Crippen molar-refractivity contribution in [1.29, 1.82) is 0 Å². The molecule has 0 saturated carbocycles. The van der Waals surface area contributed by atoms with Gasteiger partial charge in [-0.25, -0.2) is 0 Å². The van der Waals surface area contributed by atoms with Crippen LogP contribution in [0.1, 0.15) is 54.4 Å². The van der Waals surface area contributed by atoms with E-state index in [1.807, 2.05) is 20.8 Å². The predicted octanol–water partition coefficient (Wildman–Crippen LogP) is 3.01. The SMILES string of the molecule is CCCOC(=O)C(CO)(CC(C)(C)C)C(C)C. The first-order valence-electron chi connectivity index (χ1n) is 6.47. The Labute approximate surface area is 106 Å². The van der Waals surface area contributed by atoms with Crippen LogP contribution in [-0.4, -0.2) is 24.3 Å². The van der Waals surface area contributed by atoms with Crippen molar-refractivity contribution in [2.24, 2.45) is 16.7 Å². The van der Waals surface area contributed by atoms with E-state index in [2.05, 4.69) is 20.8 Å². The van der Waals surface area contributed by atoms with Crippen LogP contribution in [0, 0.1) is 16.7 Å². The van der Waals surface area contributed by atoms with E-state index in [1.54, 1.807) is 0 Å². The van der Waals surface area contributed by atoms with E-state index in [0.29, 0.717) is 13.0 Å². The van der Waals surface area contributed by atoms with E-state index in [0.717, 1.165) is 6.42 Å². The Hall–Kier alpha value is -0.570. The zero-order valence-corrected chi connectivity index (χ0v) is 12.2. The van der Waals surface area contributed by atoms with Crippen LogP contribution in [0.15, 0.2) is 0 Å². The van der Waals surface area contributed by atoms with Gasteiger partial charge in [0.15, 0.2) is 0 Å². The molecule has 0 spiro atoms. The molecule has 1 atom stereocenters. The summed E-state index contributed by atoms with van der Waals surface area (Å²) in [6.07, 6.45) is 1.44. The number of rotatable bonds is 6. The van der Waals surface area contributed by atoms with Gasteiger partial charge >= 0.3 is 5.97 Å². The first-order valence-corrected chi connectivity index (χ1v) is 6.47. The highest BCUT2D eigenvalue weighted by Crippen LogP contribution is 2.40. The number of carbonyl (C=O) groups is 1. The van der Waals surface area contributed by atoms with Gasteiger partial charge in [-0.15, -0.1) is 0 Å². The third kappa shape index (κ3) is 4.66. The summed E-state index contributed by atoms with van der Waals surface area (Å²) in [4.78, 5) is 12.2. The third-order valence-corrected chi connectivity index (χ3v) is 3.08. The van der Waals surface area contributed by atoms with Crippen molar-refractivity contribution in [3.63, 3.8) is 0 Å². The molecule has 0 fully saturated rings. The maximum Gasteiger partial charge on any atom is 0.314 e. The average Bonchev–Trinajstić information content (AvgIpc) is 2.20. The highest BCUT2D eigenvalue weighted by atomic mass is 16.5. The minimum atomic E-state index is -0.770. The van der Waals surface area contributed by atoms with Crippen LogP contribution in [0.4, 0.5) is 0 Å². The van der Waals surface area contributed by atoms with Crippen LogP contribution < -0.4 is 0 Å². The summed E-state index contributed by atoms with van der Waals surface area (Å²) in [6, 6.07) is 0. The first-order chi connectivity index (χ1) is 7.69. The Morgan fingerprint density at radius 1 is 1.29 bits per heavy atom. The fraction of sp³-hybridized carbons (Fsp3) is 0.929. The lowest BCUT2D eigenvalue weighted by atomic mass is 9.68. The van der Waals surface area contributed by atoms with Crippen molar-refractivity contribution in [2.45, 2.75) is 54.4 Å². The average molecular weight is 244 g/mol. The quantitative estimate of drug-likeness (QED) is 0.731. The van der Waals surface area contributed by atoms with E-state index in [9.17, 15) is 9.90 Å². The van der Waals surface area contributed by atoms with Crippen LogP contribution in [0.2, 0.25) is 0 Å². The lowest BCUT2D eigenvalue weighted by molar-refractivity contribution is -0.165. The van der Waals surface area contributed by atoms with Gasteiger partial charge in [0.1, 0.15) is 0 Å². The second-order valence-electron chi connectivity index (χ2n) is 6.34. The largest absolute Gasteiger partial charge is 0.465 e. The molecule has 102 valence electrons. The van der Waals surface area contributed by atoms with Gasteiger partial charge in [-0.05, 0) is 24.2 Å². The number of hydrogen-bond acceptors (Lipinski definition) is 3. The molecular weight excluding hydrogens is 216 g/mol. The number of aliphatic hydroxyl groups excluding tert-OH is 1. The highest BCUT2D eigenvalue weighted by molar-refractivity contribution is 5.77. The molecule has 1 N–H and O–H groups in total. The molecule has 0 aliphatic heterocycles. The summed E-state index contributed by atoms with van der Waals surface area (Å²) in [5.74, 6) is -0.192. The van der Waals surface area contributed by atoms with Crippen LogP contribution in [0.3, 0.4) is 0 Å². The molecule has 0 rings (SSSR count). The lowest BCUT2D eigenvalue weighted by Gasteiger charge is -2.38. The normalized spacial score (nSPS) is 15.8. The Morgan fingerprint density at radius 3 is 2.12 bits per heavy atom. The molecular formula is C14H28O3. The number of esters is 1. The Morgan fingerprint density at radius 2 is 1.82 bits per heavy atom. The summed E-state index contributed by atoms with van der Waals surface area (Å²) >= 11 is 0. The molecule has 0 aliphatic carbocycles. The Balaban J connectivity index is 5.01. The number of ether oxygens (including phenoxy) is 1. The topological polar surface area (TPSA) is 46.5 Å². The molecule has 17 heavy (non-hydrogen) atoms. The zero-order chi connectivity index (χ0) is 13.7. The molecule has 0 radical (unpaired) electrons. The lowest BCUT2D eigenvalue weighted by Crippen LogP contribution is -2.44. The minimum Gasteiger partial charge on any atom is -0.465 e. The maximum atomic E-state index is 12.2. The van der Waals surface area contributed by atoms with Crippen molar-refractivity contribution in [2.75, 3.05) is 13.2 Å². The summed E-state index contributed by atoms with van der Waals surface area (Å²) in [7, 11) is 0. The van der Waals surface area contributed by atoms with Crippen LogP contribution >= 0.6 is 0 Å². The summed E-state index contributed by atoms with van der Waals surface area (Å²) in [5.41, 5.74) is -0.786. The molecule has 0 aromatic carbocycles. The van der Waals surface area contributed by atoms with Gasteiger partial charge in [0.25, 0.3) is 0 Å². The van der Waals surface area contributed by atoms with Crippen molar-refractivity contribution in [1.82, 2.24) is 0 Å². The van der Waals surface area contributed by atoms with E-state index in [-0.39, 0.29) is 23.9 Å². The van der Waals surface area contributed by atoms with Crippen molar-refractivity contribution >= 4 is 5.97 Å². The van der Waals surface area contributed by atoms with Crippen molar-refractivity contribution < 1.29 is 14.6 Å². The molecule has 0 saturated heterocycles. The summed E-state index contributed by atoms with van der Waals surface area (Å²) in [6.45, 7) is 12.4. The smallest absolute Gasteiger partial charge is 0.314 e. The molecule has 0 bridgehead atoms. The molecule has 3 nitrogen and oxygen atoms in total. The van der Waals surface area contributed by atoms with E-state index >= 15 is 0 Å². The van der Waals surface area contributed by atoms with Gasteiger partial charge in [0.2, 0.25) is 0 Å². The molecule has 0 heterocycles. The third-order valence-electron chi connectivity index (χ3n) is 3.08. The van der Waals surface area contributed by atoms with Gasteiger partial charge in [0.05, 0.1) is 18.6 Å². The second-order valence-corrected chi connectivity index (χ2v) is 6.34. The molecule has 3 heteroatoms. The van der Waals surface area contributed by atoms with E-state index in [4.69, 9.17) is 4.74 Å². The van der Waals surface area contributed by atoms with Gasteiger partial charge in [0, 0.05) is 0 Å². The zero-order valence-electron chi connectivity index (χ0n) is 12.2. The molecule has 1 unspecified atom stereocenters. The monoisotopic (exact) mass is 244 g/mol. The molecule has 0 amide bonds. The van der Waals surface area contributed by atoms with Crippen LogP contribution in [0.5, 0.6) is 0 Å². The predicted molar refractivity (Wildman–Crippen MR) is 69.7 cm³/mol. The highest BCUT2D eigenvalue weighted by Gasteiger charge is 2.45. The maximum absolute atomic E-state index is 12.2. The summed E-state index contributed by atoms with van der Waals surface area (Å²) in [5, 5.41) is 9.68. The van der Waals surface area contributed by atoms with Crippen LogP contribution in [0.25, 0.3) is 0 Å². The fourth-order valence-corrected chi connectivity index (χ4v) is 2.10. The number of aliphatic hydroxyl groups is 1. The number of carbonyl (C=O) groups excluding carboxylic acids is 1. The standard InChI is InChI=1S/C14H28O3/c1-7-8-17-12(16)14(10-15,11(2)3)9-13(4,5)6/h11,15H,7-10H2,1-6H3. The van der Waals surface area contributed by atoms with Crippen LogP contribution in [-0.2, 0) is 9.53 Å². The Kier molecular flexibility index (Phi) is 6.17. The first kappa shape index (κ1) is 16.4.